The fourth-order valence-corrected chi connectivity index (χ4v) is 3.76. The van der Waals surface area contributed by atoms with Crippen LogP contribution in [0.2, 0.25) is 5.02 Å². The van der Waals surface area contributed by atoms with E-state index in [0.29, 0.717) is 18.2 Å². The predicted molar refractivity (Wildman–Crippen MR) is 105 cm³/mol. The summed E-state index contributed by atoms with van der Waals surface area (Å²) in [5.41, 5.74) is -1.96. The van der Waals surface area contributed by atoms with E-state index in [4.69, 9.17) is 21.6 Å². The second-order valence-electron chi connectivity index (χ2n) is 6.10. The molecule has 5 nitrogen and oxygen atoms in total. The van der Waals surface area contributed by atoms with Crippen LogP contribution >= 0.6 is 11.6 Å². The number of sulfonamides is 1. The zero-order chi connectivity index (χ0) is 22.8. The van der Waals surface area contributed by atoms with Gasteiger partial charge in [-0.3, -0.25) is 4.72 Å². The summed E-state index contributed by atoms with van der Waals surface area (Å²) < 4.78 is 84.6. The van der Waals surface area contributed by atoms with Crippen molar-refractivity contribution in [3.05, 3.63) is 82.6 Å². The second-order valence-corrected chi connectivity index (χ2v) is 8.19. The first-order valence-corrected chi connectivity index (χ1v) is 10.2. The number of benzene rings is 3. The lowest BCUT2D eigenvalue weighted by atomic mass is 10.2. The van der Waals surface area contributed by atoms with Gasteiger partial charge in [0.1, 0.15) is 28.9 Å². The van der Waals surface area contributed by atoms with Gasteiger partial charge in [-0.2, -0.15) is 18.4 Å². The van der Waals surface area contributed by atoms with Gasteiger partial charge in [-0.1, -0.05) is 17.7 Å². The van der Waals surface area contributed by atoms with Crippen molar-refractivity contribution < 1.29 is 30.7 Å². The molecule has 1 N–H and O–H groups in total. The summed E-state index contributed by atoms with van der Waals surface area (Å²) in [6.45, 7) is 0. The summed E-state index contributed by atoms with van der Waals surface area (Å²) in [6.07, 6.45) is -4.77. The lowest BCUT2D eigenvalue weighted by Gasteiger charge is -2.13. The molecule has 0 bridgehead atoms. The Hall–Kier alpha value is -3.29. The summed E-state index contributed by atoms with van der Waals surface area (Å²) in [6, 6.07) is 12.6. The van der Waals surface area contributed by atoms with Crippen LogP contribution < -0.4 is 9.46 Å². The molecule has 0 aromatic heterocycles. The third-order valence-electron chi connectivity index (χ3n) is 3.99. The summed E-state index contributed by atoms with van der Waals surface area (Å²) >= 11 is 5.92. The first-order valence-electron chi connectivity index (χ1n) is 8.37. The van der Waals surface area contributed by atoms with Gasteiger partial charge in [-0.25, -0.2) is 12.8 Å². The van der Waals surface area contributed by atoms with Crippen molar-refractivity contribution in [2.24, 2.45) is 0 Å². The molecule has 0 amide bonds. The van der Waals surface area contributed by atoms with Crippen molar-refractivity contribution in [1.29, 1.82) is 5.26 Å². The van der Waals surface area contributed by atoms with Crippen molar-refractivity contribution in [1.82, 2.24) is 0 Å². The molecule has 0 aliphatic heterocycles. The molecule has 0 aliphatic rings. The van der Waals surface area contributed by atoms with E-state index in [1.165, 1.54) is 24.3 Å². The Kier molecular flexibility index (Phi) is 6.10. The minimum atomic E-state index is -4.77. The topological polar surface area (TPSA) is 79.2 Å². The third-order valence-corrected chi connectivity index (χ3v) is 5.68. The number of hydrogen-bond donors (Lipinski definition) is 1. The number of halogens is 5. The summed E-state index contributed by atoms with van der Waals surface area (Å²) in [7, 11) is -4.39. The standard InChI is InChI=1S/C20H11ClF4N2O3S/c21-16-2-1-3-19(15(16)11-26)30-13-5-7-14(8-6-13)31(28,29)27-18-10-12(20(23,24)25)4-9-17(18)22/h1-10,27H. The van der Waals surface area contributed by atoms with E-state index in [1.807, 2.05) is 6.07 Å². The van der Waals surface area contributed by atoms with Crippen molar-refractivity contribution in [3.63, 3.8) is 0 Å². The van der Waals surface area contributed by atoms with Gasteiger partial charge >= 0.3 is 6.18 Å². The van der Waals surface area contributed by atoms with Gasteiger partial charge in [0.2, 0.25) is 0 Å². The zero-order valence-electron chi connectivity index (χ0n) is 15.2. The molecule has 0 spiro atoms. The van der Waals surface area contributed by atoms with Gasteiger partial charge in [-0.15, -0.1) is 0 Å². The molecule has 0 fully saturated rings. The van der Waals surface area contributed by atoms with Crippen LogP contribution in [0.1, 0.15) is 11.1 Å². The summed E-state index contributed by atoms with van der Waals surface area (Å²) in [4.78, 5) is -0.344. The summed E-state index contributed by atoms with van der Waals surface area (Å²) in [5.74, 6) is -0.848. The minimum Gasteiger partial charge on any atom is -0.456 e. The molecule has 3 aromatic carbocycles. The van der Waals surface area contributed by atoms with E-state index >= 15 is 0 Å². The number of ether oxygens (including phenoxy) is 1. The Morgan fingerprint density at radius 2 is 1.71 bits per heavy atom. The molecule has 0 aliphatic carbocycles. The van der Waals surface area contributed by atoms with Crippen LogP contribution in [-0.2, 0) is 16.2 Å². The Balaban J connectivity index is 1.84. The van der Waals surface area contributed by atoms with Crippen LogP contribution in [0.25, 0.3) is 0 Å². The van der Waals surface area contributed by atoms with Gasteiger partial charge in [0.15, 0.2) is 0 Å². The number of hydrogen-bond acceptors (Lipinski definition) is 4. The van der Waals surface area contributed by atoms with E-state index in [0.717, 1.165) is 12.1 Å². The van der Waals surface area contributed by atoms with Gasteiger partial charge in [0.05, 0.1) is 21.2 Å². The third kappa shape index (κ3) is 5.07. The second kappa shape index (κ2) is 8.45. The highest BCUT2D eigenvalue weighted by atomic mass is 35.5. The van der Waals surface area contributed by atoms with E-state index < -0.39 is 33.3 Å². The Labute approximate surface area is 179 Å². The number of anilines is 1. The highest BCUT2D eigenvalue weighted by Gasteiger charge is 2.31. The molecule has 3 aromatic rings. The lowest BCUT2D eigenvalue weighted by molar-refractivity contribution is -0.137. The molecular weight excluding hydrogens is 460 g/mol. The largest absolute Gasteiger partial charge is 0.456 e. The van der Waals surface area contributed by atoms with Crippen molar-refractivity contribution >= 4 is 27.3 Å². The quantitative estimate of drug-likeness (QED) is 0.466. The van der Waals surface area contributed by atoms with E-state index in [1.54, 1.807) is 10.8 Å². The van der Waals surface area contributed by atoms with Crippen LogP contribution in [0.4, 0.5) is 23.2 Å². The van der Waals surface area contributed by atoms with Crippen LogP contribution in [0.15, 0.2) is 65.6 Å². The first-order chi connectivity index (χ1) is 14.5. The van der Waals surface area contributed by atoms with Gasteiger partial charge in [0, 0.05) is 0 Å². The van der Waals surface area contributed by atoms with Gasteiger partial charge in [0.25, 0.3) is 10.0 Å². The van der Waals surface area contributed by atoms with Gasteiger partial charge < -0.3 is 4.74 Å². The highest BCUT2D eigenvalue weighted by Crippen LogP contribution is 2.33. The maximum atomic E-state index is 13.9. The van der Waals surface area contributed by atoms with Crippen LogP contribution in [0.3, 0.4) is 0 Å². The van der Waals surface area contributed by atoms with Crippen LogP contribution in [0, 0.1) is 17.1 Å². The molecule has 3 rings (SSSR count). The molecule has 0 saturated heterocycles. The maximum absolute atomic E-state index is 13.9. The van der Waals surface area contributed by atoms with Crippen LogP contribution in [-0.4, -0.2) is 8.42 Å². The number of nitrogens with zero attached hydrogens (tertiary/aromatic N) is 1. The van der Waals surface area contributed by atoms with Crippen molar-refractivity contribution in [2.75, 3.05) is 4.72 Å². The first kappa shape index (κ1) is 22.4. The smallest absolute Gasteiger partial charge is 0.416 e. The Bertz CT molecular complexity index is 1270. The summed E-state index contributed by atoms with van der Waals surface area (Å²) in [5, 5.41) is 9.33. The number of nitrogens with one attached hydrogen (secondary N) is 1. The molecule has 11 heteroatoms. The molecule has 31 heavy (non-hydrogen) atoms. The van der Waals surface area contributed by atoms with Crippen molar-refractivity contribution in [3.8, 4) is 17.6 Å². The number of nitriles is 1. The van der Waals surface area contributed by atoms with Crippen LogP contribution in [0.5, 0.6) is 11.5 Å². The van der Waals surface area contributed by atoms with E-state index in [-0.39, 0.29) is 27.0 Å². The molecule has 0 saturated carbocycles. The molecule has 0 radical (unpaired) electrons. The average Bonchev–Trinajstić information content (AvgIpc) is 2.69. The Morgan fingerprint density at radius 1 is 1.03 bits per heavy atom. The minimum absolute atomic E-state index is 0.0857. The zero-order valence-corrected chi connectivity index (χ0v) is 16.8. The maximum Gasteiger partial charge on any atom is 0.416 e. The number of rotatable bonds is 5. The normalized spacial score (nSPS) is 11.6. The fraction of sp³-hybridized carbons (Fsp3) is 0.0500. The van der Waals surface area contributed by atoms with Crippen molar-refractivity contribution in [2.45, 2.75) is 11.1 Å². The highest BCUT2D eigenvalue weighted by molar-refractivity contribution is 7.92. The monoisotopic (exact) mass is 470 g/mol. The molecule has 160 valence electrons. The fourth-order valence-electron chi connectivity index (χ4n) is 2.50. The Morgan fingerprint density at radius 3 is 2.32 bits per heavy atom. The predicted octanol–water partition coefficient (Wildman–Crippen LogP) is 5.96. The molecular formula is C20H11ClF4N2O3S. The lowest BCUT2D eigenvalue weighted by Crippen LogP contribution is -2.15. The molecule has 0 unspecified atom stereocenters. The molecule has 0 atom stereocenters. The van der Waals surface area contributed by atoms with E-state index in [2.05, 4.69) is 0 Å². The van der Waals surface area contributed by atoms with E-state index in [9.17, 15) is 26.0 Å². The van der Waals surface area contributed by atoms with Gasteiger partial charge in [-0.05, 0) is 54.6 Å². The average molecular weight is 471 g/mol. The SMILES string of the molecule is N#Cc1c(Cl)cccc1Oc1ccc(S(=O)(=O)Nc2cc(C(F)(F)F)ccc2F)cc1. The number of alkyl halides is 3. The molecule has 0 heterocycles.